The van der Waals surface area contributed by atoms with Crippen LogP contribution in [-0.2, 0) is 9.59 Å². The summed E-state index contributed by atoms with van der Waals surface area (Å²) in [5.74, 6) is -1.72. The first-order valence-corrected chi connectivity index (χ1v) is 3.99. The van der Waals surface area contributed by atoms with Gasteiger partial charge in [0.25, 0.3) is 0 Å². The quantitative estimate of drug-likeness (QED) is 0.712. The van der Waals surface area contributed by atoms with Crippen molar-refractivity contribution in [2.45, 2.75) is 6.92 Å². The lowest BCUT2D eigenvalue weighted by Gasteiger charge is -1.98. The molecule has 0 aliphatic heterocycles. The number of rotatable bonds is 2. The molecular formula is C10H9NO3. The number of carboxylic acid groups (broad SMARTS) is 1. The van der Waals surface area contributed by atoms with Crippen molar-refractivity contribution in [3.63, 3.8) is 0 Å². The molecule has 0 unspecified atom stereocenters. The van der Waals surface area contributed by atoms with Crippen molar-refractivity contribution in [3.05, 3.63) is 35.9 Å². The Morgan fingerprint density at radius 3 is 2.21 bits per heavy atom. The van der Waals surface area contributed by atoms with Crippen LogP contribution < -0.4 is 0 Å². The molecule has 1 amide bonds. The predicted octanol–water partition coefficient (Wildman–Crippen LogP) is 1.11. The van der Waals surface area contributed by atoms with Gasteiger partial charge in [0.2, 0.25) is 5.91 Å². The number of nitrogens with zero attached hydrogens (tertiary/aromatic N) is 1. The summed E-state index contributed by atoms with van der Waals surface area (Å²) in [5.41, 5.74) is 0.202. The van der Waals surface area contributed by atoms with Crippen LogP contribution in [0.2, 0.25) is 0 Å². The Labute approximate surface area is 80.9 Å². The van der Waals surface area contributed by atoms with Crippen molar-refractivity contribution in [1.82, 2.24) is 0 Å². The van der Waals surface area contributed by atoms with E-state index in [1.54, 1.807) is 30.3 Å². The highest BCUT2D eigenvalue weighted by Gasteiger charge is 2.12. The zero-order valence-corrected chi connectivity index (χ0v) is 7.60. The number of carbonyl (C=O) groups is 2. The van der Waals surface area contributed by atoms with Crippen LogP contribution in [0.3, 0.4) is 0 Å². The second kappa shape index (κ2) is 4.32. The summed E-state index contributed by atoms with van der Waals surface area (Å²) in [6.45, 7) is 1.21. The third kappa shape index (κ3) is 2.52. The molecule has 0 saturated carbocycles. The lowest BCUT2D eigenvalue weighted by Crippen LogP contribution is -2.15. The fraction of sp³-hybridized carbons (Fsp3) is 0.100. The molecule has 1 aromatic carbocycles. The lowest BCUT2D eigenvalue weighted by molar-refractivity contribution is -0.129. The van der Waals surface area contributed by atoms with Gasteiger partial charge in [-0.2, -0.15) is 0 Å². The van der Waals surface area contributed by atoms with Crippen LogP contribution in [0.4, 0.5) is 0 Å². The average Bonchev–Trinajstić information content (AvgIpc) is 2.15. The molecule has 0 spiro atoms. The largest absolute Gasteiger partial charge is 0.476 e. The number of carbonyl (C=O) groups excluding carboxylic acids is 1. The predicted molar refractivity (Wildman–Crippen MR) is 51.3 cm³/mol. The van der Waals surface area contributed by atoms with E-state index in [0.29, 0.717) is 5.56 Å². The summed E-state index contributed by atoms with van der Waals surface area (Å²) in [6.07, 6.45) is 0. The maximum atomic E-state index is 10.8. The second-order valence-electron chi connectivity index (χ2n) is 2.65. The van der Waals surface area contributed by atoms with Crippen molar-refractivity contribution in [1.29, 1.82) is 0 Å². The molecule has 0 radical (unpaired) electrons. The van der Waals surface area contributed by atoms with Gasteiger partial charge in [0.15, 0.2) is 5.71 Å². The van der Waals surface area contributed by atoms with Crippen LogP contribution in [0, 0.1) is 0 Å². The van der Waals surface area contributed by atoms with Gasteiger partial charge in [-0.15, -0.1) is 0 Å². The van der Waals surface area contributed by atoms with E-state index in [1.807, 2.05) is 0 Å². The van der Waals surface area contributed by atoms with Gasteiger partial charge in [-0.3, -0.25) is 4.79 Å². The molecule has 1 N–H and O–H groups in total. The van der Waals surface area contributed by atoms with E-state index >= 15 is 0 Å². The van der Waals surface area contributed by atoms with E-state index in [4.69, 9.17) is 5.11 Å². The number of aliphatic imine (C=N–C) groups is 1. The van der Waals surface area contributed by atoms with E-state index in [2.05, 4.69) is 4.99 Å². The van der Waals surface area contributed by atoms with Gasteiger partial charge in [0.05, 0.1) is 0 Å². The number of hydrogen-bond acceptors (Lipinski definition) is 2. The fourth-order valence-electron chi connectivity index (χ4n) is 0.989. The Hall–Kier alpha value is -1.97. The van der Waals surface area contributed by atoms with Crippen LogP contribution >= 0.6 is 0 Å². The summed E-state index contributed by atoms with van der Waals surface area (Å²) in [5, 5.41) is 8.79. The van der Waals surface area contributed by atoms with E-state index in [0.717, 1.165) is 0 Å². The highest BCUT2D eigenvalue weighted by atomic mass is 16.4. The smallest absolute Gasteiger partial charge is 0.355 e. The highest BCUT2D eigenvalue weighted by molar-refractivity contribution is 6.43. The van der Waals surface area contributed by atoms with Crippen molar-refractivity contribution >= 4 is 17.6 Å². The number of aliphatic carboxylic acids is 1. The van der Waals surface area contributed by atoms with Gasteiger partial charge >= 0.3 is 5.97 Å². The summed E-state index contributed by atoms with van der Waals surface area (Å²) in [4.78, 5) is 24.9. The molecule has 0 bridgehead atoms. The van der Waals surface area contributed by atoms with Gasteiger partial charge in [-0.05, 0) is 0 Å². The normalized spacial score (nSPS) is 11.1. The average molecular weight is 191 g/mol. The summed E-state index contributed by atoms with van der Waals surface area (Å²) < 4.78 is 0. The molecule has 0 aromatic heterocycles. The van der Waals surface area contributed by atoms with Crippen LogP contribution in [0.1, 0.15) is 12.5 Å². The third-order valence-electron chi connectivity index (χ3n) is 1.52. The van der Waals surface area contributed by atoms with Crippen molar-refractivity contribution < 1.29 is 14.7 Å². The molecule has 0 saturated heterocycles. The summed E-state index contributed by atoms with van der Waals surface area (Å²) in [7, 11) is 0. The lowest BCUT2D eigenvalue weighted by atomic mass is 10.1. The molecule has 0 aliphatic rings. The highest BCUT2D eigenvalue weighted by Crippen LogP contribution is 2.01. The van der Waals surface area contributed by atoms with Crippen molar-refractivity contribution in [2.75, 3.05) is 0 Å². The molecule has 0 heterocycles. The molecule has 0 fully saturated rings. The number of amides is 1. The Balaban J connectivity index is 3.14. The Kier molecular flexibility index (Phi) is 3.12. The van der Waals surface area contributed by atoms with E-state index in [9.17, 15) is 9.59 Å². The van der Waals surface area contributed by atoms with Crippen molar-refractivity contribution in [2.24, 2.45) is 4.99 Å². The maximum Gasteiger partial charge on any atom is 0.355 e. The number of hydrogen-bond donors (Lipinski definition) is 1. The van der Waals surface area contributed by atoms with Gasteiger partial charge < -0.3 is 5.11 Å². The minimum Gasteiger partial charge on any atom is -0.476 e. The standard InChI is InChI=1S/C10H9NO3/c1-7(12)11-9(10(13)14)8-5-3-2-4-6-8/h2-6H,1H3,(H,13,14). The first kappa shape index (κ1) is 10.1. The fourth-order valence-corrected chi connectivity index (χ4v) is 0.989. The monoisotopic (exact) mass is 191 g/mol. The van der Waals surface area contributed by atoms with Gasteiger partial charge in [-0.1, -0.05) is 30.3 Å². The Morgan fingerprint density at radius 1 is 1.21 bits per heavy atom. The summed E-state index contributed by atoms with van der Waals surface area (Å²) >= 11 is 0. The van der Waals surface area contributed by atoms with Gasteiger partial charge in [-0.25, -0.2) is 9.79 Å². The Bertz CT molecular complexity index is 382. The molecular weight excluding hydrogens is 182 g/mol. The van der Waals surface area contributed by atoms with E-state index in [1.165, 1.54) is 6.92 Å². The Morgan fingerprint density at radius 2 is 1.79 bits per heavy atom. The van der Waals surface area contributed by atoms with Crippen LogP contribution in [0.5, 0.6) is 0 Å². The molecule has 14 heavy (non-hydrogen) atoms. The number of benzene rings is 1. The van der Waals surface area contributed by atoms with Crippen molar-refractivity contribution in [3.8, 4) is 0 Å². The topological polar surface area (TPSA) is 66.7 Å². The molecule has 0 aliphatic carbocycles. The molecule has 4 heteroatoms. The van der Waals surface area contributed by atoms with Gasteiger partial charge in [0.1, 0.15) is 0 Å². The third-order valence-corrected chi connectivity index (χ3v) is 1.52. The molecule has 1 rings (SSSR count). The van der Waals surface area contributed by atoms with Crippen LogP contribution in [0.25, 0.3) is 0 Å². The van der Waals surface area contributed by atoms with Gasteiger partial charge in [0, 0.05) is 12.5 Å². The summed E-state index contributed by atoms with van der Waals surface area (Å²) in [6, 6.07) is 8.32. The molecule has 0 atom stereocenters. The first-order valence-electron chi connectivity index (χ1n) is 3.99. The van der Waals surface area contributed by atoms with E-state index < -0.39 is 11.9 Å². The molecule has 4 nitrogen and oxygen atoms in total. The minimum absolute atomic E-state index is 0.224. The molecule has 72 valence electrons. The van der Waals surface area contributed by atoms with Crippen LogP contribution in [-0.4, -0.2) is 22.7 Å². The first-order chi connectivity index (χ1) is 6.61. The minimum atomic E-state index is -1.20. The second-order valence-corrected chi connectivity index (χ2v) is 2.65. The SMILES string of the molecule is CC(=O)N=C(C(=O)O)c1ccccc1. The number of carboxylic acids is 1. The zero-order chi connectivity index (χ0) is 10.6. The molecule has 1 aromatic rings. The van der Waals surface area contributed by atoms with E-state index in [-0.39, 0.29) is 5.71 Å². The van der Waals surface area contributed by atoms with Crippen LogP contribution in [0.15, 0.2) is 35.3 Å². The zero-order valence-electron chi connectivity index (χ0n) is 7.60. The maximum absolute atomic E-state index is 10.8.